The summed E-state index contributed by atoms with van der Waals surface area (Å²) in [7, 11) is 0. The maximum absolute atomic E-state index is 5.87. The zero-order valence-electron chi connectivity index (χ0n) is 11.9. The average Bonchev–Trinajstić information content (AvgIpc) is 3.20. The average molecular weight is 343 g/mol. The van der Waals surface area contributed by atoms with Crippen LogP contribution in [-0.2, 0) is 5.75 Å². The third-order valence-electron chi connectivity index (χ3n) is 3.27. The first-order valence-corrected chi connectivity index (χ1v) is 8.30. The van der Waals surface area contributed by atoms with Crippen molar-refractivity contribution in [2.75, 3.05) is 0 Å². The molecule has 5 nitrogen and oxygen atoms in total. The Balaban J connectivity index is 1.48. The minimum atomic E-state index is 0.480. The van der Waals surface area contributed by atoms with E-state index < -0.39 is 0 Å². The number of aromatic nitrogens is 4. The van der Waals surface area contributed by atoms with Gasteiger partial charge in [-0.3, -0.25) is 0 Å². The molecule has 0 bridgehead atoms. The smallest absolute Gasteiger partial charge is 0.277 e. The van der Waals surface area contributed by atoms with Gasteiger partial charge < -0.3 is 9.40 Å². The maximum atomic E-state index is 5.87. The summed E-state index contributed by atoms with van der Waals surface area (Å²) in [5, 5.41) is 9.30. The van der Waals surface area contributed by atoms with Crippen LogP contribution in [0.25, 0.3) is 22.5 Å². The third kappa shape index (κ3) is 3.09. The summed E-state index contributed by atoms with van der Waals surface area (Å²) in [4.78, 5) is 7.80. The van der Waals surface area contributed by atoms with Gasteiger partial charge in [-0.2, -0.15) is 0 Å². The van der Waals surface area contributed by atoms with E-state index in [9.17, 15) is 0 Å². The maximum Gasteiger partial charge on any atom is 0.277 e. The highest BCUT2D eigenvalue weighted by Crippen LogP contribution is 2.26. The van der Waals surface area contributed by atoms with Crippen molar-refractivity contribution < 1.29 is 4.42 Å². The SMILES string of the molecule is Clc1ccc(-c2nnc(SCc3nc4ccccc4[nH]3)o2)cc1. The number of nitrogens with one attached hydrogen (secondary N) is 1. The lowest BCUT2D eigenvalue weighted by Gasteiger charge is -1.94. The van der Waals surface area contributed by atoms with Gasteiger partial charge >= 0.3 is 0 Å². The molecule has 2 aromatic heterocycles. The van der Waals surface area contributed by atoms with Crippen molar-refractivity contribution in [2.24, 2.45) is 0 Å². The predicted molar refractivity (Wildman–Crippen MR) is 90.4 cm³/mol. The fraction of sp³-hybridized carbons (Fsp3) is 0.0625. The summed E-state index contributed by atoms with van der Waals surface area (Å²) in [5.41, 5.74) is 2.82. The normalized spacial score (nSPS) is 11.2. The molecule has 0 amide bonds. The second-order valence-corrected chi connectivity index (χ2v) is 6.23. The van der Waals surface area contributed by atoms with E-state index >= 15 is 0 Å². The molecule has 0 saturated heterocycles. The summed E-state index contributed by atoms with van der Waals surface area (Å²) in [5.74, 6) is 1.99. The minimum Gasteiger partial charge on any atom is -0.411 e. The first kappa shape index (κ1) is 14.3. The van der Waals surface area contributed by atoms with Gasteiger partial charge in [0.25, 0.3) is 5.22 Å². The molecule has 4 rings (SSSR count). The molecular weight excluding hydrogens is 332 g/mol. The zero-order valence-corrected chi connectivity index (χ0v) is 13.4. The van der Waals surface area contributed by atoms with Gasteiger partial charge in [0.2, 0.25) is 5.89 Å². The van der Waals surface area contributed by atoms with Crippen LogP contribution in [0.2, 0.25) is 5.02 Å². The van der Waals surface area contributed by atoms with Crippen LogP contribution in [0, 0.1) is 0 Å². The van der Waals surface area contributed by atoms with E-state index in [-0.39, 0.29) is 0 Å². The van der Waals surface area contributed by atoms with Crippen LogP contribution >= 0.6 is 23.4 Å². The summed E-state index contributed by atoms with van der Waals surface area (Å²) in [6.45, 7) is 0. The number of thioether (sulfide) groups is 1. The summed E-state index contributed by atoms with van der Waals surface area (Å²) < 4.78 is 5.66. The van der Waals surface area contributed by atoms with E-state index in [2.05, 4.69) is 20.2 Å². The molecule has 0 radical (unpaired) electrons. The molecule has 2 heterocycles. The van der Waals surface area contributed by atoms with E-state index in [0.717, 1.165) is 22.4 Å². The Morgan fingerprint density at radius 2 is 1.87 bits per heavy atom. The van der Waals surface area contributed by atoms with Gasteiger partial charge in [-0.15, -0.1) is 10.2 Å². The number of aromatic amines is 1. The van der Waals surface area contributed by atoms with Crippen molar-refractivity contribution in [1.82, 2.24) is 20.2 Å². The van der Waals surface area contributed by atoms with E-state index in [1.165, 1.54) is 11.8 Å². The summed E-state index contributed by atoms with van der Waals surface area (Å²) in [6, 6.07) is 15.2. The second kappa shape index (κ2) is 6.06. The largest absolute Gasteiger partial charge is 0.411 e. The molecule has 1 N–H and O–H groups in total. The Hall–Kier alpha value is -2.31. The van der Waals surface area contributed by atoms with E-state index in [1.54, 1.807) is 12.1 Å². The van der Waals surface area contributed by atoms with Gasteiger partial charge in [0.1, 0.15) is 5.82 Å². The number of hydrogen-bond donors (Lipinski definition) is 1. The van der Waals surface area contributed by atoms with Gasteiger partial charge in [0.15, 0.2) is 0 Å². The molecule has 0 atom stereocenters. The highest BCUT2D eigenvalue weighted by atomic mass is 35.5. The molecule has 23 heavy (non-hydrogen) atoms. The van der Waals surface area contributed by atoms with Crippen molar-refractivity contribution in [3.63, 3.8) is 0 Å². The highest BCUT2D eigenvalue weighted by Gasteiger charge is 2.10. The number of benzene rings is 2. The van der Waals surface area contributed by atoms with Crippen LogP contribution in [0.5, 0.6) is 0 Å². The molecule has 7 heteroatoms. The topological polar surface area (TPSA) is 67.6 Å². The Labute approximate surface area is 141 Å². The van der Waals surface area contributed by atoms with Gasteiger partial charge in [-0.1, -0.05) is 35.5 Å². The molecule has 0 aliphatic carbocycles. The number of hydrogen-bond acceptors (Lipinski definition) is 5. The summed E-state index contributed by atoms with van der Waals surface area (Å²) >= 11 is 7.32. The van der Waals surface area contributed by atoms with E-state index in [4.69, 9.17) is 16.0 Å². The first-order valence-electron chi connectivity index (χ1n) is 6.94. The number of imidazole rings is 1. The van der Waals surface area contributed by atoms with E-state index in [0.29, 0.717) is 21.9 Å². The minimum absolute atomic E-state index is 0.480. The van der Waals surface area contributed by atoms with Gasteiger partial charge in [0.05, 0.1) is 16.8 Å². The molecule has 0 aliphatic rings. The van der Waals surface area contributed by atoms with Gasteiger partial charge in [0, 0.05) is 10.6 Å². The Morgan fingerprint density at radius 3 is 2.70 bits per heavy atom. The first-order chi connectivity index (χ1) is 11.3. The van der Waals surface area contributed by atoms with Crippen LogP contribution in [0.1, 0.15) is 5.82 Å². The molecule has 0 unspecified atom stereocenters. The molecule has 2 aromatic carbocycles. The van der Waals surface area contributed by atoms with Crippen molar-refractivity contribution >= 4 is 34.4 Å². The third-order valence-corrected chi connectivity index (χ3v) is 4.35. The number of halogens is 1. The molecule has 0 saturated carbocycles. The lowest BCUT2D eigenvalue weighted by Crippen LogP contribution is -1.83. The van der Waals surface area contributed by atoms with Crippen molar-refractivity contribution in [3.8, 4) is 11.5 Å². The van der Waals surface area contributed by atoms with Crippen LogP contribution in [0.4, 0.5) is 0 Å². The van der Waals surface area contributed by atoms with Crippen molar-refractivity contribution in [1.29, 1.82) is 0 Å². The number of H-pyrrole nitrogens is 1. The Bertz CT molecular complexity index is 915. The standard InChI is InChI=1S/C16H11ClN4OS/c17-11-7-5-10(6-8-11)15-20-21-16(22-15)23-9-14-18-12-3-1-2-4-13(12)19-14/h1-8H,9H2,(H,18,19). The van der Waals surface area contributed by atoms with Crippen LogP contribution in [-0.4, -0.2) is 20.2 Å². The zero-order chi connectivity index (χ0) is 15.6. The molecule has 0 spiro atoms. The van der Waals surface area contributed by atoms with Gasteiger partial charge in [-0.05, 0) is 36.4 Å². The molecule has 0 fully saturated rings. The van der Waals surface area contributed by atoms with Crippen LogP contribution < -0.4 is 0 Å². The lowest BCUT2D eigenvalue weighted by molar-refractivity contribution is 0.465. The number of nitrogens with zero attached hydrogens (tertiary/aromatic N) is 3. The molecule has 4 aromatic rings. The van der Waals surface area contributed by atoms with Crippen LogP contribution in [0.15, 0.2) is 58.2 Å². The predicted octanol–water partition coefficient (Wildman–Crippen LogP) is 4.56. The van der Waals surface area contributed by atoms with Gasteiger partial charge in [-0.25, -0.2) is 4.98 Å². The lowest BCUT2D eigenvalue weighted by atomic mass is 10.2. The quantitative estimate of drug-likeness (QED) is 0.551. The van der Waals surface area contributed by atoms with Crippen LogP contribution in [0.3, 0.4) is 0 Å². The molecule has 0 aliphatic heterocycles. The van der Waals surface area contributed by atoms with E-state index in [1.807, 2.05) is 36.4 Å². The fourth-order valence-electron chi connectivity index (χ4n) is 2.18. The molecule has 114 valence electrons. The Morgan fingerprint density at radius 1 is 1.04 bits per heavy atom. The molecular formula is C16H11ClN4OS. The fourth-order valence-corrected chi connectivity index (χ4v) is 2.94. The van der Waals surface area contributed by atoms with Crippen molar-refractivity contribution in [3.05, 3.63) is 59.4 Å². The highest BCUT2D eigenvalue weighted by molar-refractivity contribution is 7.98. The Kier molecular flexibility index (Phi) is 3.77. The monoisotopic (exact) mass is 342 g/mol. The number of para-hydroxylation sites is 2. The summed E-state index contributed by atoms with van der Waals surface area (Å²) in [6.07, 6.45) is 0. The second-order valence-electron chi connectivity index (χ2n) is 4.87. The van der Waals surface area contributed by atoms with Crippen molar-refractivity contribution in [2.45, 2.75) is 11.0 Å². The number of fused-ring (bicyclic) bond motifs is 1. The number of rotatable bonds is 4.